The third-order valence-corrected chi connectivity index (χ3v) is 16.8. The molecule has 4 aromatic rings. The van der Waals surface area contributed by atoms with Crippen molar-refractivity contribution in [2.75, 3.05) is 0 Å². The van der Waals surface area contributed by atoms with Crippen molar-refractivity contribution in [1.29, 1.82) is 0 Å². The third-order valence-electron chi connectivity index (χ3n) is 4.63. The zero-order chi connectivity index (χ0) is 20.1. The van der Waals surface area contributed by atoms with Crippen molar-refractivity contribution in [1.82, 2.24) is 0 Å². The van der Waals surface area contributed by atoms with Crippen LogP contribution in [0.15, 0.2) is 48.5 Å². The minimum absolute atomic E-state index is 1.22. The van der Waals surface area contributed by atoms with Gasteiger partial charge in [0.1, 0.15) is 0 Å². The van der Waals surface area contributed by atoms with Gasteiger partial charge in [0.25, 0.3) is 0 Å². The third kappa shape index (κ3) is 4.22. The molecule has 0 atom stereocenters. The molecule has 0 radical (unpaired) electrons. The molecule has 0 aliphatic carbocycles. The molecule has 0 saturated carbocycles. The summed E-state index contributed by atoms with van der Waals surface area (Å²) in [4.78, 5) is 8.41. The molecule has 6 heteroatoms. The fourth-order valence-electron chi connectivity index (χ4n) is 2.95. The molecule has 4 rings (SSSR count). The Morgan fingerprint density at radius 2 is 0.643 bits per heavy atom. The summed E-state index contributed by atoms with van der Waals surface area (Å²) in [5.74, 6) is 0. The lowest BCUT2D eigenvalue weighted by Gasteiger charge is -2.12. The molecule has 0 aliphatic heterocycles. The minimum Gasteiger partial charge on any atom is -0.144 e. The van der Waals surface area contributed by atoms with E-state index in [2.05, 4.69) is 87.8 Å². The van der Waals surface area contributed by atoms with Gasteiger partial charge in [-0.15, -0.1) is 45.3 Å². The average Bonchev–Trinajstić information content (AvgIpc) is 3.38. The number of hydrogen-bond acceptors (Lipinski definition) is 4. The predicted molar refractivity (Wildman–Crippen MR) is 140 cm³/mol. The predicted octanol–water partition coefficient (Wildman–Crippen LogP) is 8.02. The first-order chi connectivity index (χ1) is 13.1. The van der Waals surface area contributed by atoms with Crippen LogP contribution in [0, 0.1) is 0 Å². The van der Waals surface area contributed by atoms with Gasteiger partial charge >= 0.3 is 0 Å². The topological polar surface area (TPSA) is 0 Å². The zero-order valence-electron chi connectivity index (χ0n) is 17.3. The molecular formula is C22H26S4Si2. The SMILES string of the molecule is C[Si](C)(C)c1ccc(-c2ccc(-c3ccc(-c4ccc([Si](C)(C)C)s4)s3)s2)s1. The van der Waals surface area contributed by atoms with E-state index in [1.54, 1.807) is 9.00 Å². The van der Waals surface area contributed by atoms with Gasteiger partial charge in [0.2, 0.25) is 0 Å². The van der Waals surface area contributed by atoms with Crippen LogP contribution >= 0.6 is 45.3 Å². The standard InChI is InChI=1S/C22H26S4Si2/c1-27(2,3)21-13-11-19(25-21)17-9-7-15(23-17)16-8-10-18(24-16)20-12-14-22(26-20)28(4,5)6/h7-14H,1-6H3. The first kappa shape index (κ1) is 20.5. The summed E-state index contributed by atoms with van der Waals surface area (Å²) in [6, 6.07) is 18.5. The number of thiophene rings is 4. The molecule has 4 aromatic heterocycles. The molecular weight excluding hydrogens is 449 g/mol. The monoisotopic (exact) mass is 474 g/mol. The van der Waals surface area contributed by atoms with Gasteiger partial charge < -0.3 is 0 Å². The average molecular weight is 475 g/mol. The van der Waals surface area contributed by atoms with Crippen molar-refractivity contribution >= 4 is 70.5 Å². The Balaban J connectivity index is 1.58. The van der Waals surface area contributed by atoms with Gasteiger partial charge in [0.15, 0.2) is 0 Å². The molecule has 0 bridgehead atoms. The second-order valence-corrected chi connectivity index (χ2v) is 24.3. The van der Waals surface area contributed by atoms with E-state index in [0.29, 0.717) is 0 Å². The Morgan fingerprint density at radius 3 is 0.893 bits per heavy atom. The van der Waals surface area contributed by atoms with Crippen LogP contribution < -0.4 is 9.00 Å². The van der Waals surface area contributed by atoms with Crippen molar-refractivity contribution in [3.63, 3.8) is 0 Å². The van der Waals surface area contributed by atoms with Crippen LogP contribution in [0.1, 0.15) is 0 Å². The first-order valence-corrected chi connectivity index (χ1v) is 19.8. The van der Waals surface area contributed by atoms with Crippen LogP contribution in [0.2, 0.25) is 39.3 Å². The van der Waals surface area contributed by atoms with Gasteiger partial charge in [-0.2, -0.15) is 0 Å². The maximum atomic E-state index is 2.42. The lowest BCUT2D eigenvalue weighted by atomic mass is 10.3. The summed E-state index contributed by atoms with van der Waals surface area (Å²) in [6.45, 7) is 14.5. The fraction of sp³-hybridized carbons (Fsp3) is 0.273. The molecule has 4 heterocycles. The Hall–Kier alpha value is -0.766. The summed E-state index contributed by atoms with van der Waals surface area (Å²) in [5, 5.41) is 0. The van der Waals surface area contributed by atoms with Crippen molar-refractivity contribution < 1.29 is 0 Å². The van der Waals surface area contributed by atoms with Crippen molar-refractivity contribution in [2.45, 2.75) is 39.3 Å². The maximum Gasteiger partial charge on any atom is 0.0904 e. The van der Waals surface area contributed by atoms with E-state index in [1.165, 1.54) is 29.3 Å². The van der Waals surface area contributed by atoms with Crippen LogP contribution in [-0.4, -0.2) is 16.1 Å². The van der Waals surface area contributed by atoms with Gasteiger partial charge in [-0.25, -0.2) is 0 Å². The van der Waals surface area contributed by atoms with Crippen molar-refractivity contribution in [3.05, 3.63) is 48.5 Å². The smallest absolute Gasteiger partial charge is 0.0904 e. The van der Waals surface area contributed by atoms with Crippen LogP contribution in [0.25, 0.3) is 29.3 Å². The Labute approximate surface area is 186 Å². The molecule has 0 amide bonds. The van der Waals surface area contributed by atoms with Crippen LogP contribution in [-0.2, 0) is 0 Å². The highest BCUT2D eigenvalue weighted by Gasteiger charge is 2.21. The Kier molecular flexibility index (Phi) is 5.48. The highest BCUT2D eigenvalue weighted by Crippen LogP contribution is 2.42. The highest BCUT2D eigenvalue weighted by atomic mass is 32.1. The molecule has 0 saturated heterocycles. The maximum absolute atomic E-state index is 2.42. The molecule has 0 aliphatic rings. The fourth-order valence-corrected chi connectivity index (χ4v) is 11.0. The molecule has 0 N–H and O–H groups in total. The highest BCUT2D eigenvalue weighted by molar-refractivity contribution is 7.33. The zero-order valence-corrected chi connectivity index (χ0v) is 22.5. The molecule has 0 aromatic carbocycles. The van der Waals surface area contributed by atoms with Gasteiger partial charge in [-0.3, -0.25) is 0 Å². The lowest BCUT2D eigenvalue weighted by molar-refractivity contribution is 1.78. The molecule has 28 heavy (non-hydrogen) atoms. The summed E-state index contributed by atoms with van der Waals surface area (Å²) < 4.78 is 3.18. The molecule has 0 spiro atoms. The normalized spacial score (nSPS) is 12.6. The second-order valence-electron chi connectivity index (χ2n) is 9.16. The van der Waals surface area contributed by atoms with Gasteiger partial charge in [0, 0.05) is 29.3 Å². The van der Waals surface area contributed by atoms with Crippen LogP contribution in [0.3, 0.4) is 0 Å². The summed E-state index contributed by atoms with van der Waals surface area (Å²) >= 11 is 7.83. The Bertz CT molecular complexity index is 1010. The largest absolute Gasteiger partial charge is 0.144 e. The Morgan fingerprint density at radius 1 is 0.393 bits per heavy atom. The molecule has 146 valence electrons. The van der Waals surface area contributed by atoms with E-state index in [0.717, 1.165) is 0 Å². The van der Waals surface area contributed by atoms with Crippen LogP contribution in [0.5, 0.6) is 0 Å². The van der Waals surface area contributed by atoms with E-state index in [4.69, 9.17) is 0 Å². The number of hydrogen-bond donors (Lipinski definition) is 0. The lowest BCUT2D eigenvalue weighted by Crippen LogP contribution is -2.34. The molecule has 0 unspecified atom stereocenters. The van der Waals surface area contributed by atoms with E-state index in [9.17, 15) is 0 Å². The summed E-state index contributed by atoms with van der Waals surface area (Å²) in [5.41, 5.74) is 0. The molecule has 0 fully saturated rings. The van der Waals surface area contributed by atoms with Crippen LogP contribution in [0.4, 0.5) is 0 Å². The van der Waals surface area contributed by atoms with E-state index in [-0.39, 0.29) is 0 Å². The minimum atomic E-state index is -1.22. The van der Waals surface area contributed by atoms with E-state index >= 15 is 0 Å². The second kappa shape index (κ2) is 7.49. The quantitative estimate of drug-likeness (QED) is 0.257. The summed E-state index contributed by atoms with van der Waals surface area (Å²) in [6.07, 6.45) is 0. The van der Waals surface area contributed by atoms with Crippen molar-refractivity contribution in [2.24, 2.45) is 0 Å². The van der Waals surface area contributed by atoms with E-state index < -0.39 is 16.1 Å². The van der Waals surface area contributed by atoms with Gasteiger partial charge in [-0.05, 0) is 45.4 Å². The van der Waals surface area contributed by atoms with E-state index in [1.807, 2.05) is 45.3 Å². The van der Waals surface area contributed by atoms with Gasteiger partial charge in [0.05, 0.1) is 16.1 Å². The first-order valence-electron chi connectivity index (χ1n) is 9.53. The van der Waals surface area contributed by atoms with Gasteiger partial charge in [-0.1, -0.05) is 51.4 Å². The van der Waals surface area contributed by atoms with Crippen molar-refractivity contribution in [3.8, 4) is 29.3 Å². The number of rotatable bonds is 5. The molecule has 0 nitrogen and oxygen atoms in total. The summed E-state index contributed by atoms with van der Waals surface area (Å²) in [7, 11) is -2.44.